The lowest BCUT2D eigenvalue weighted by Gasteiger charge is -2.22. The molecule has 1 saturated carbocycles. The van der Waals surface area contributed by atoms with Gasteiger partial charge in [0.1, 0.15) is 0 Å². The van der Waals surface area contributed by atoms with Gasteiger partial charge in [-0.05, 0) is 18.1 Å². The minimum Gasteiger partial charge on any atom is -0.353 e. The second-order valence-electron chi connectivity index (χ2n) is 3.82. The molecule has 0 radical (unpaired) electrons. The highest BCUT2D eigenvalue weighted by atomic mass is 32.2. The first-order chi connectivity index (χ1) is 7.84. The molecular weight excluding hydrogens is 244 g/mol. The molecule has 1 fully saturated rings. The minimum atomic E-state index is 0.0899. The first-order valence-corrected chi connectivity index (χ1v) is 7.17. The molecule has 1 aliphatic rings. The number of hydrogen-bond acceptors (Lipinski definition) is 6. The number of carbonyl (C=O) groups excluding carboxylic acids is 1. The Bertz CT molecular complexity index is 324. The lowest BCUT2D eigenvalue weighted by atomic mass is 9.95. The van der Waals surface area contributed by atoms with Crippen molar-refractivity contribution in [1.29, 1.82) is 0 Å². The molecule has 2 rings (SSSR count). The summed E-state index contributed by atoms with van der Waals surface area (Å²) in [7, 11) is 0. The third kappa shape index (κ3) is 3.71. The van der Waals surface area contributed by atoms with Gasteiger partial charge < -0.3 is 5.32 Å². The van der Waals surface area contributed by atoms with Crippen molar-refractivity contribution in [3.05, 3.63) is 0 Å². The molecule has 1 heterocycles. The molecule has 1 aliphatic carbocycles. The summed E-state index contributed by atoms with van der Waals surface area (Å²) in [4.78, 5) is 11.6. The van der Waals surface area contributed by atoms with Crippen molar-refractivity contribution in [2.75, 3.05) is 5.75 Å². The number of carbonyl (C=O) groups is 1. The number of amides is 1. The normalized spacial score (nSPS) is 17.2. The number of aromatic nitrogens is 3. The highest BCUT2D eigenvalue weighted by Crippen LogP contribution is 2.19. The Kier molecular flexibility index (Phi) is 4.53. The number of nitrogens with zero attached hydrogens (tertiary/aromatic N) is 3. The Morgan fingerprint density at radius 2 is 2.25 bits per heavy atom. The van der Waals surface area contributed by atoms with Gasteiger partial charge in [0.25, 0.3) is 0 Å². The summed E-state index contributed by atoms with van der Waals surface area (Å²) >= 11 is 2.62. The Morgan fingerprint density at radius 1 is 1.44 bits per heavy atom. The Morgan fingerprint density at radius 3 is 2.94 bits per heavy atom. The van der Waals surface area contributed by atoms with Gasteiger partial charge >= 0.3 is 0 Å². The molecule has 7 heteroatoms. The van der Waals surface area contributed by atoms with Crippen molar-refractivity contribution in [3.63, 3.8) is 0 Å². The summed E-state index contributed by atoms with van der Waals surface area (Å²) < 4.78 is 4.39. The number of rotatable bonds is 4. The summed E-state index contributed by atoms with van der Waals surface area (Å²) in [5, 5.41) is 10.3. The van der Waals surface area contributed by atoms with Gasteiger partial charge in [-0.15, -0.1) is 5.10 Å². The minimum absolute atomic E-state index is 0.0899. The monoisotopic (exact) mass is 258 g/mol. The van der Waals surface area contributed by atoms with Gasteiger partial charge in [-0.25, -0.2) is 0 Å². The molecule has 1 aromatic heterocycles. The van der Waals surface area contributed by atoms with Crippen LogP contribution in [-0.2, 0) is 4.79 Å². The molecule has 0 saturated heterocycles. The van der Waals surface area contributed by atoms with Crippen LogP contribution in [0.4, 0.5) is 0 Å². The van der Waals surface area contributed by atoms with E-state index in [0.717, 1.165) is 17.2 Å². The zero-order valence-electron chi connectivity index (χ0n) is 8.89. The van der Waals surface area contributed by atoms with Crippen molar-refractivity contribution in [1.82, 2.24) is 20.1 Å². The SMILES string of the molecule is O=C(CSc1nnns1)NC1CCCCC1. The maximum atomic E-state index is 11.6. The fraction of sp³-hybridized carbons (Fsp3) is 0.778. The Hall–Kier alpha value is -0.690. The average molecular weight is 258 g/mol. The van der Waals surface area contributed by atoms with Crippen LogP contribution >= 0.6 is 23.3 Å². The van der Waals surface area contributed by atoms with Crippen LogP contribution < -0.4 is 5.32 Å². The molecule has 5 nitrogen and oxygen atoms in total. The van der Waals surface area contributed by atoms with E-state index < -0.39 is 0 Å². The maximum absolute atomic E-state index is 11.6. The largest absolute Gasteiger partial charge is 0.353 e. The van der Waals surface area contributed by atoms with Crippen molar-refractivity contribution in [2.24, 2.45) is 0 Å². The molecule has 0 atom stereocenters. The third-order valence-electron chi connectivity index (χ3n) is 2.58. The highest BCUT2D eigenvalue weighted by Gasteiger charge is 2.15. The van der Waals surface area contributed by atoms with E-state index in [-0.39, 0.29) is 5.91 Å². The zero-order chi connectivity index (χ0) is 11.2. The zero-order valence-corrected chi connectivity index (χ0v) is 10.5. The number of thioether (sulfide) groups is 1. The van der Waals surface area contributed by atoms with Crippen LogP contribution in [0.15, 0.2) is 4.34 Å². The highest BCUT2D eigenvalue weighted by molar-refractivity contribution is 8.01. The molecule has 1 N–H and O–H groups in total. The predicted molar refractivity (Wildman–Crippen MR) is 63.4 cm³/mol. The molecular formula is C9H14N4OS2. The van der Waals surface area contributed by atoms with Gasteiger partial charge in [0, 0.05) is 17.6 Å². The second kappa shape index (κ2) is 6.15. The quantitative estimate of drug-likeness (QED) is 0.828. The van der Waals surface area contributed by atoms with Crippen LogP contribution in [-0.4, -0.2) is 32.5 Å². The topological polar surface area (TPSA) is 67.8 Å². The summed E-state index contributed by atoms with van der Waals surface area (Å²) in [6.07, 6.45) is 6.02. The summed E-state index contributed by atoms with van der Waals surface area (Å²) in [5.41, 5.74) is 0. The molecule has 0 aliphatic heterocycles. The summed E-state index contributed by atoms with van der Waals surface area (Å²) in [5.74, 6) is 0.500. The molecule has 0 aromatic carbocycles. The molecule has 1 aromatic rings. The fourth-order valence-electron chi connectivity index (χ4n) is 1.82. The van der Waals surface area contributed by atoms with E-state index in [4.69, 9.17) is 0 Å². The van der Waals surface area contributed by atoms with Crippen molar-refractivity contribution < 1.29 is 4.79 Å². The first-order valence-electron chi connectivity index (χ1n) is 5.42. The lowest BCUT2D eigenvalue weighted by molar-refractivity contribution is -0.119. The molecule has 1 amide bonds. The fourth-order valence-corrected chi connectivity index (χ4v) is 2.96. The maximum Gasteiger partial charge on any atom is 0.230 e. The first kappa shape index (κ1) is 11.8. The smallest absolute Gasteiger partial charge is 0.230 e. The van der Waals surface area contributed by atoms with E-state index in [2.05, 4.69) is 20.1 Å². The van der Waals surface area contributed by atoms with Crippen LogP contribution in [0.1, 0.15) is 32.1 Å². The lowest BCUT2D eigenvalue weighted by Crippen LogP contribution is -2.37. The van der Waals surface area contributed by atoms with Gasteiger partial charge in [-0.3, -0.25) is 4.79 Å². The van der Waals surface area contributed by atoms with Crippen LogP contribution in [0.25, 0.3) is 0 Å². The predicted octanol–water partition coefficient (Wildman–Crippen LogP) is 1.47. The van der Waals surface area contributed by atoms with Gasteiger partial charge in [0.2, 0.25) is 5.91 Å². The van der Waals surface area contributed by atoms with E-state index in [0.29, 0.717) is 11.8 Å². The molecule has 0 spiro atoms. The van der Waals surface area contributed by atoms with E-state index in [9.17, 15) is 4.79 Å². The van der Waals surface area contributed by atoms with Crippen molar-refractivity contribution in [3.8, 4) is 0 Å². The summed E-state index contributed by atoms with van der Waals surface area (Å²) in [6.45, 7) is 0. The molecule has 88 valence electrons. The van der Waals surface area contributed by atoms with E-state index in [1.54, 1.807) is 0 Å². The van der Waals surface area contributed by atoms with E-state index in [1.807, 2.05) is 0 Å². The van der Waals surface area contributed by atoms with Crippen LogP contribution in [0.5, 0.6) is 0 Å². The Labute approximate surface area is 103 Å². The molecule has 16 heavy (non-hydrogen) atoms. The van der Waals surface area contributed by atoms with Crippen molar-refractivity contribution in [2.45, 2.75) is 42.5 Å². The van der Waals surface area contributed by atoms with Crippen LogP contribution in [0.3, 0.4) is 0 Å². The number of nitrogens with one attached hydrogen (secondary N) is 1. The number of hydrogen-bond donors (Lipinski definition) is 1. The van der Waals surface area contributed by atoms with E-state index >= 15 is 0 Å². The Balaban J connectivity index is 1.67. The molecule has 0 unspecified atom stereocenters. The second-order valence-corrected chi connectivity index (χ2v) is 5.77. The summed E-state index contributed by atoms with van der Waals surface area (Å²) in [6, 6.07) is 0.384. The van der Waals surface area contributed by atoms with Crippen molar-refractivity contribution >= 4 is 29.2 Å². The van der Waals surface area contributed by atoms with Crippen LogP contribution in [0.2, 0.25) is 0 Å². The van der Waals surface area contributed by atoms with Gasteiger partial charge in [-0.2, -0.15) is 0 Å². The average Bonchev–Trinajstić information content (AvgIpc) is 2.81. The third-order valence-corrected chi connectivity index (χ3v) is 4.28. The van der Waals surface area contributed by atoms with Gasteiger partial charge in [-0.1, -0.05) is 35.5 Å². The molecule has 0 bridgehead atoms. The standard InChI is InChI=1S/C9H14N4OS2/c14-8(6-15-9-11-12-13-16-9)10-7-4-2-1-3-5-7/h7H,1-6H2,(H,10,14). The van der Waals surface area contributed by atoms with Gasteiger partial charge in [0.05, 0.1) is 5.75 Å². The van der Waals surface area contributed by atoms with Crippen LogP contribution in [0, 0.1) is 0 Å². The van der Waals surface area contributed by atoms with E-state index in [1.165, 1.54) is 42.6 Å². The van der Waals surface area contributed by atoms with Gasteiger partial charge in [0.15, 0.2) is 4.34 Å².